The molecule has 0 saturated heterocycles. The Morgan fingerprint density at radius 3 is 2.60 bits per heavy atom. The van der Waals surface area contributed by atoms with Crippen molar-refractivity contribution in [3.05, 3.63) is 28.2 Å². The van der Waals surface area contributed by atoms with Crippen LogP contribution in [-0.2, 0) is 4.79 Å². The average molecular weight is 280 g/mol. The standard InChI is InChI=1S/C9H8BrF2NO2/c1-4(9(14)15)13-8-6(10)2-5(11)3-7(8)12/h2-4,13H,1H3,(H,14,15). The van der Waals surface area contributed by atoms with Crippen LogP contribution in [0.25, 0.3) is 0 Å². The van der Waals surface area contributed by atoms with Crippen LogP contribution in [0.4, 0.5) is 14.5 Å². The second-order valence-electron chi connectivity index (χ2n) is 2.95. The third kappa shape index (κ3) is 2.89. The van der Waals surface area contributed by atoms with Gasteiger partial charge in [-0.2, -0.15) is 0 Å². The van der Waals surface area contributed by atoms with Crippen LogP contribution < -0.4 is 5.32 Å². The molecule has 1 atom stereocenters. The molecule has 0 radical (unpaired) electrons. The third-order valence-electron chi connectivity index (χ3n) is 1.74. The first-order valence-corrected chi connectivity index (χ1v) is 4.85. The molecule has 1 aromatic carbocycles. The summed E-state index contributed by atoms with van der Waals surface area (Å²) in [5.41, 5.74) is -0.0636. The highest BCUT2D eigenvalue weighted by atomic mass is 79.9. The number of carboxylic acids is 1. The third-order valence-corrected chi connectivity index (χ3v) is 2.36. The maximum atomic E-state index is 13.2. The zero-order chi connectivity index (χ0) is 11.6. The Morgan fingerprint density at radius 2 is 2.13 bits per heavy atom. The van der Waals surface area contributed by atoms with Gasteiger partial charge in [-0.3, -0.25) is 4.79 Å². The molecule has 0 aliphatic heterocycles. The Hall–Kier alpha value is -1.17. The summed E-state index contributed by atoms with van der Waals surface area (Å²) < 4.78 is 26.0. The minimum absolute atomic E-state index is 0.0636. The molecule has 0 heterocycles. The summed E-state index contributed by atoms with van der Waals surface area (Å²) in [5, 5.41) is 11.0. The van der Waals surface area contributed by atoms with Gasteiger partial charge in [-0.1, -0.05) is 0 Å². The van der Waals surface area contributed by atoms with E-state index in [9.17, 15) is 13.6 Å². The van der Waals surface area contributed by atoms with Gasteiger partial charge in [0.2, 0.25) is 0 Å². The summed E-state index contributed by atoms with van der Waals surface area (Å²) >= 11 is 2.94. The van der Waals surface area contributed by atoms with E-state index in [1.54, 1.807) is 0 Å². The van der Waals surface area contributed by atoms with Crippen molar-refractivity contribution in [2.75, 3.05) is 5.32 Å². The lowest BCUT2D eigenvalue weighted by Gasteiger charge is -2.13. The van der Waals surface area contributed by atoms with E-state index in [0.29, 0.717) is 6.07 Å². The summed E-state index contributed by atoms with van der Waals surface area (Å²) in [6.45, 7) is 1.36. The van der Waals surface area contributed by atoms with Crippen molar-refractivity contribution in [3.8, 4) is 0 Å². The average Bonchev–Trinajstić information content (AvgIpc) is 2.10. The number of rotatable bonds is 3. The summed E-state index contributed by atoms with van der Waals surface area (Å²) in [6, 6.07) is 0.781. The van der Waals surface area contributed by atoms with Gasteiger partial charge in [0.1, 0.15) is 17.7 Å². The molecule has 1 rings (SSSR count). The van der Waals surface area contributed by atoms with Crippen LogP contribution in [0, 0.1) is 11.6 Å². The van der Waals surface area contributed by atoms with Crippen LogP contribution in [0.15, 0.2) is 16.6 Å². The Labute approximate surface area is 93.2 Å². The van der Waals surface area contributed by atoms with Gasteiger partial charge in [-0.05, 0) is 28.9 Å². The maximum absolute atomic E-state index is 13.2. The number of benzene rings is 1. The Balaban J connectivity index is 3.00. The Morgan fingerprint density at radius 1 is 1.53 bits per heavy atom. The molecule has 0 spiro atoms. The molecule has 1 aromatic rings. The molecule has 0 amide bonds. The van der Waals surface area contributed by atoms with Gasteiger partial charge in [0.05, 0.1) is 5.69 Å². The number of halogens is 3. The predicted octanol–water partition coefficient (Wildman–Crippen LogP) is 2.61. The molecule has 0 saturated carbocycles. The maximum Gasteiger partial charge on any atom is 0.325 e. The summed E-state index contributed by atoms with van der Waals surface area (Å²) in [7, 11) is 0. The lowest BCUT2D eigenvalue weighted by atomic mass is 10.2. The molecule has 1 unspecified atom stereocenters. The van der Waals surface area contributed by atoms with E-state index in [-0.39, 0.29) is 10.2 Å². The molecule has 82 valence electrons. The van der Waals surface area contributed by atoms with E-state index < -0.39 is 23.6 Å². The largest absolute Gasteiger partial charge is 0.480 e. The number of hydrogen-bond donors (Lipinski definition) is 2. The monoisotopic (exact) mass is 279 g/mol. The number of anilines is 1. The highest BCUT2D eigenvalue weighted by molar-refractivity contribution is 9.10. The van der Waals surface area contributed by atoms with E-state index >= 15 is 0 Å². The molecule has 15 heavy (non-hydrogen) atoms. The molecule has 0 aliphatic rings. The fourth-order valence-electron chi connectivity index (χ4n) is 0.958. The van der Waals surface area contributed by atoms with Crippen molar-refractivity contribution in [1.29, 1.82) is 0 Å². The van der Waals surface area contributed by atoms with Crippen molar-refractivity contribution in [3.63, 3.8) is 0 Å². The van der Waals surface area contributed by atoms with Crippen LogP contribution in [0.1, 0.15) is 6.92 Å². The van der Waals surface area contributed by atoms with E-state index in [1.165, 1.54) is 6.92 Å². The lowest BCUT2D eigenvalue weighted by Crippen LogP contribution is -2.26. The first kappa shape index (κ1) is 11.9. The first-order valence-electron chi connectivity index (χ1n) is 4.05. The molecular weight excluding hydrogens is 272 g/mol. The quantitative estimate of drug-likeness (QED) is 0.894. The molecule has 3 nitrogen and oxygen atoms in total. The first-order chi connectivity index (χ1) is 6.91. The van der Waals surface area contributed by atoms with Crippen molar-refractivity contribution < 1.29 is 18.7 Å². The van der Waals surface area contributed by atoms with E-state index in [2.05, 4.69) is 21.2 Å². The fraction of sp³-hybridized carbons (Fsp3) is 0.222. The van der Waals surface area contributed by atoms with E-state index in [4.69, 9.17) is 5.11 Å². The summed E-state index contributed by atoms with van der Waals surface area (Å²) in [4.78, 5) is 10.5. The van der Waals surface area contributed by atoms with Gasteiger partial charge in [0, 0.05) is 10.5 Å². The Kier molecular flexibility index (Phi) is 3.62. The van der Waals surface area contributed by atoms with Crippen LogP contribution in [0.5, 0.6) is 0 Å². The lowest BCUT2D eigenvalue weighted by molar-refractivity contribution is -0.137. The number of hydrogen-bond acceptors (Lipinski definition) is 2. The van der Waals surface area contributed by atoms with Crippen molar-refractivity contribution in [1.82, 2.24) is 0 Å². The van der Waals surface area contributed by atoms with Gasteiger partial charge >= 0.3 is 5.97 Å². The van der Waals surface area contributed by atoms with Crippen molar-refractivity contribution in [2.24, 2.45) is 0 Å². The molecule has 0 aliphatic carbocycles. The molecule has 0 aromatic heterocycles. The highest BCUT2D eigenvalue weighted by Gasteiger charge is 2.15. The van der Waals surface area contributed by atoms with Gasteiger partial charge in [-0.15, -0.1) is 0 Å². The predicted molar refractivity (Wildman–Crippen MR) is 54.8 cm³/mol. The number of nitrogens with one attached hydrogen (secondary N) is 1. The van der Waals surface area contributed by atoms with Crippen molar-refractivity contribution >= 4 is 27.6 Å². The molecule has 2 N–H and O–H groups in total. The highest BCUT2D eigenvalue weighted by Crippen LogP contribution is 2.27. The van der Waals surface area contributed by atoms with Gasteiger partial charge in [-0.25, -0.2) is 8.78 Å². The molecule has 6 heteroatoms. The SMILES string of the molecule is CC(Nc1c(F)cc(F)cc1Br)C(=O)O. The van der Waals surface area contributed by atoms with Crippen LogP contribution in [0.2, 0.25) is 0 Å². The normalized spacial score (nSPS) is 12.3. The summed E-state index contributed by atoms with van der Waals surface area (Å²) in [6.07, 6.45) is 0. The van der Waals surface area contributed by atoms with E-state index in [0.717, 1.165) is 6.07 Å². The van der Waals surface area contributed by atoms with Gasteiger partial charge < -0.3 is 10.4 Å². The minimum atomic E-state index is -1.12. The molecular formula is C9H8BrF2NO2. The smallest absolute Gasteiger partial charge is 0.325 e. The van der Waals surface area contributed by atoms with Crippen LogP contribution >= 0.6 is 15.9 Å². The second-order valence-corrected chi connectivity index (χ2v) is 3.80. The minimum Gasteiger partial charge on any atom is -0.480 e. The molecule has 0 bridgehead atoms. The zero-order valence-corrected chi connectivity index (χ0v) is 9.31. The van der Waals surface area contributed by atoms with Crippen molar-refractivity contribution in [2.45, 2.75) is 13.0 Å². The zero-order valence-electron chi connectivity index (χ0n) is 7.72. The number of carboxylic acid groups (broad SMARTS) is 1. The Bertz CT molecular complexity index is 375. The van der Waals surface area contributed by atoms with Gasteiger partial charge in [0.25, 0.3) is 0 Å². The van der Waals surface area contributed by atoms with Crippen LogP contribution in [-0.4, -0.2) is 17.1 Å². The number of aliphatic carboxylic acids is 1. The molecule has 0 fully saturated rings. The topological polar surface area (TPSA) is 49.3 Å². The fourth-order valence-corrected chi connectivity index (χ4v) is 1.48. The summed E-state index contributed by atoms with van der Waals surface area (Å²) in [5.74, 6) is -2.69. The van der Waals surface area contributed by atoms with E-state index in [1.807, 2.05) is 0 Å². The van der Waals surface area contributed by atoms with Crippen LogP contribution in [0.3, 0.4) is 0 Å². The van der Waals surface area contributed by atoms with Gasteiger partial charge in [0.15, 0.2) is 0 Å². The second kappa shape index (κ2) is 4.57. The number of carbonyl (C=O) groups is 1.